The van der Waals surface area contributed by atoms with Crippen LogP contribution in [-0.4, -0.2) is 21.9 Å². The molecular weight excluding hydrogens is 276 g/mol. The van der Waals surface area contributed by atoms with Gasteiger partial charge in [-0.25, -0.2) is 9.97 Å². The Labute approximate surface area is 121 Å². The number of hydrogen-bond acceptors (Lipinski definition) is 4. The number of benzene rings is 1. The second-order valence-corrected chi connectivity index (χ2v) is 4.99. The van der Waals surface area contributed by atoms with Crippen LogP contribution in [0.5, 0.6) is 0 Å². The fourth-order valence-corrected chi connectivity index (χ4v) is 2.37. The van der Waals surface area contributed by atoms with E-state index in [0.29, 0.717) is 18.1 Å². The van der Waals surface area contributed by atoms with Crippen molar-refractivity contribution in [1.82, 2.24) is 15.3 Å². The van der Waals surface area contributed by atoms with E-state index in [1.165, 1.54) is 17.3 Å². The molecule has 0 radical (unpaired) electrons. The SMILES string of the molecule is O=C(Nc1nccc(Cl)n1)[C@@H]1Cc2ccccc2CN1. The number of amides is 1. The van der Waals surface area contributed by atoms with Crippen LogP contribution in [0, 0.1) is 0 Å². The number of aromatic nitrogens is 2. The summed E-state index contributed by atoms with van der Waals surface area (Å²) in [6, 6.07) is 9.38. The average Bonchev–Trinajstić information content (AvgIpc) is 2.47. The Kier molecular flexibility index (Phi) is 3.62. The molecule has 1 atom stereocenters. The van der Waals surface area contributed by atoms with Gasteiger partial charge in [0.25, 0.3) is 0 Å². The molecule has 2 aromatic rings. The monoisotopic (exact) mass is 288 g/mol. The lowest BCUT2D eigenvalue weighted by molar-refractivity contribution is -0.118. The minimum atomic E-state index is -0.285. The third-order valence-corrected chi connectivity index (χ3v) is 3.46. The summed E-state index contributed by atoms with van der Waals surface area (Å²) in [5.74, 6) is 0.0740. The van der Waals surface area contributed by atoms with Gasteiger partial charge in [-0.2, -0.15) is 0 Å². The highest BCUT2D eigenvalue weighted by Gasteiger charge is 2.24. The number of fused-ring (bicyclic) bond motifs is 1. The normalized spacial score (nSPS) is 17.4. The first-order chi connectivity index (χ1) is 9.72. The topological polar surface area (TPSA) is 66.9 Å². The lowest BCUT2D eigenvalue weighted by Crippen LogP contribution is -2.44. The quantitative estimate of drug-likeness (QED) is 0.827. The number of halogens is 1. The highest BCUT2D eigenvalue weighted by Crippen LogP contribution is 2.17. The van der Waals surface area contributed by atoms with Gasteiger partial charge in [0.1, 0.15) is 5.15 Å². The van der Waals surface area contributed by atoms with Crippen LogP contribution in [0.2, 0.25) is 5.15 Å². The summed E-state index contributed by atoms with van der Waals surface area (Å²) in [7, 11) is 0. The first kappa shape index (κ1) is 13.0. The highest BCUT2D eigenvalue weighted by atomic mass is 35.5. The van der Waals surface area contributed by atoms with Gasteiger partial charge in [0.15, 0.2) is 0 Å². The van der Waals surface area contributed by atoms with Crippen molar-refractivity contribution >= 4 is 23.5 Å². The molecule has 0 fully saturated rings. The summed E-state index contributed by atoms with van der Waals surface area (Å²) in [5, 5.41) is 6.19. The number of carbonyl (C=O) groups excluding carboxylic acids is 1. The van der Waals surface area contributed by atoms with Crippen LogP contribution in [0.3, 0.4) is 0 Å². The Bertz CT molecular complexity index is 647. The summed E-state index contributed by atoms with van der Waals surface area (Å²) in [5.41, 5.74) is 2.42. The average molecular weight is 289 g/mol. The molecule has 5 nitrogen and oxygen atoms in total. The van der Waals surface area contributed by atoms with Crippen molar-refractivity contribution in [3.8, 4) is 0 Å². The Morgan fingerprint density at radius 3 is 2.90 bits per heavy atom. The molecule has 2 heterocycles. The van der Waals surface area contributed by atoms with E-state index in [2.05, 4.69) is 26.7 Å². The lowest BCUT2D eigenvalue weighted by Gasteiger charge is -2.24. The maximum Gasteiger partial charge on any atom is 0.244 e. The maximum atomic E-state index is 12.2. The number of carbonyl (C=O) groups is 1. The zero-order valence-electron chi connectivity index (χ0n) is 10.6. The Hall–Kier alpha value is -1.98. The number of rotatable bonds is 2. The van der Waals surface area contributed by atoms with E-state index in [4.69, 9.17) is 11.6 Å². The zero-order valence-corrected chi connectivity index (χ0v) is 11.4. The van der Waals surface area contributed by atoms with Crippen molar-refractivity contribution < 1.29 is 4.79 Å². The van der Waals surface area contributed by atoms with E-state index in [-0.39, 0.29) is 17.9 Å². The van der Waals surface area contributed by atoms with Crippen LogP contribution in [0.4, 0.5) is 5.95 Å². The number of nitrogens with one attached hydrogen (secondary N) is 2. The summed E-state index contributed by atoms with van der Waals surface area (Å²) in [6.45, 7) is 0.685. The molecule has 1 amide bonds. The van der Waals surface area contributed by atoms with Crippen molar-refractivity contribution in [3.05, 3.63) is 52.8 Å². The molecule has 1 aromatic carbocycles. The fourth-order valence-electron chi connectivity index (χ4n) is 2.23. The van der Waals surface area contributed by atoms with E-state index < -0.39 is 0 Å². The zero-order chi connectivity index (χ0) is 13.9. The van der Waals surface area contributed by atoms with Crippen LogP contribution < -0.4 is 10.6 Å². The van der Waals surface area contributed by atoms with Crippen molar-refractivity contribution in [2.45, 2.75) is 19.0 Å². The van der Waals surface area contributed by atoms with Crippen molar-refractivity contribution in [3.63, 3.8) is 0 Å². The summed E-state index contributed by atoms with van der Waals surface area (Å²) >= 11 is 5.76. The van der Waals surface area contributed by atoms with Crippen molar-refractivity contribution in [2.75, 3.05) is 5.32 Å². The van der Waals surface area contributed by atoms with Crippen molar-refractivity contribution in [1.29, 1.82) is 0 Å². The molecular formula is C14H13ClN4O. The lowest BCUT2D eigenvalue weighted by atomic mass is 9.95. The summed E-state index contributed by atoms with van der Waals surface area (Å²) in [6.07, 6.45) is 2.16. The maximum absolute atomic E-state index is 12.2. The van der Waals surface area contributed by atoms with Gasteiger partial charge in [-0.3, -0.25) is 10.1 Å². The molecule has 0 saturated heterocycles. The van der Waals surface area contributed by atoms with E-state index >= 15 is 0 Å². The molecule has 1 aliphatic rings. The molecule has 1 aromatic heterocycles. The van der Waals surface area contributed by atoms with Gasteiger partial charge in [-0.05, 0) is 23.6 Å². The molecule has 102 valence electrons. The third-order valence-electron chi connectivity index (χ3n) is 3.25. The molecule has 0 aliphatic carbocycles. The predicted octanol–water partition coefficient (Wildman–Crippen LogP) is 1.78. The van der Waals surface area contributed by atoms with E-state index in [1.807, 2.05) is 18.2 Å². The van der Waals surface area contributed by atoms with E-state index in [0.717, 1.165) is 0 Å². The number of anilines is 1. The summed E-state index contributed by atoms with van der Waals surface area (Å²) < 4.78 is 0. The van der Waals surface area contributed by atoms with Gasteiger partial charge in [0.05, 0.1) is 6.04 Å². The summed E-state index contributed by atoms with van der Waals surface area (Å²) in [4.78, 5) is 20.1. The molecule has 0 saturated carbocycles. The van der Waals surface area contributed by atoms with Gasteiger partial charge in [0.2, 0.25) is 11.9 Å². The molecule has 20 heavy (non-hydrogen) atoms. The van der Waals surface area contributed by atoms with Crippen LogP contribution >= 0.6 is 11.6 Å². The number of nitrogens with zero attached hydrogens (tertiary/aromatic N) is 2. The largest absolute Gasteiger partial charge is 0.301 e. The Morgan fingerprint density at radius 1 is 1.30 bits per heavy atom. The van der Waals surface area contributed by atoms with Gasteiger partial charge >= 0.3 is 0 Å². The minimum Gasteiger partial charge on any atom is -0.301 e. The predicted molar refractivity (Wildman–Crippen MR) is 76.4 cm³/mol. The molecule has 0 unspecified atom stereocenters. The van der Waals surface area contributed by atoms with E-state index in [9.17, 15) is 4.79 Å². The molecule has 6 heteroatoms. The molecule has 3 rings (SSSR count). The third kappa shape index (κ3) is 2.79. The van der Waals surface area contributed by atoms with Crippen LogP contribution in [0.1, 0.15) is 11.1 Å². The van der Waals surface area contributed by atoms with Crippen LogP contribution in [0.15, 0.2) is 36.5 Å². The standard InChI is InChI=1S/C14H13ClN4O/c15-12-5-6-16-14(18-12)19-13(20)11-7-9-3-1-2-4-10(9)8-17-11/h1-6,11,17H,7-8H2,(H,16,18,19,20)/t11-/m0/s1. The highest BCUT2D eigenvalue weighted by molar-refractivity contribution is 6.29. The van der Waals surface area contributed by atoms with Gasteiger partial charge in [0, 0.05) is 12.7 Å². The van der Waals surface area contributed by atoms with Crippen LogP contribution in [-0.2, 0) is 17.8 Å². The van der Waals surface area contributed by atoms with Gasteiger partial charge in [-0.15, -0.1) is 0 Å². The van der Waals surface area contributed by atoms with Crippen molar-refractivity contribution in [2.24, 2.45) is 0 Å². The Morgan fingerprint density at radius 2 is 2.10 bits per heavy atom. The first-order valence-electron chi connectivity index (χ1n) is 6.32. The Balaban J connectivity index is 1.70. The number of hydrogen-bond donors (Lipinski definition) is 2. The second-order valence-electron chi connectivity index (χ2n) is 4.60. The smallest absolute Gasteiger partial charge is 0.244 e. The van der Waals surface area contributed by atoms with Gasteiger partial charge < -0.3 is 5.32 Å². The van der Waals surface area contributed by atoms with Gasteiger partial charge in [-0.1, -0.05) is 35.9 Å². The molecule has 1 aliphatic heterocycles. The molecule has 0 spiro atoms. The van der Waals surface area contributed by atoms with Crippen LogP contribution in [0.25, 0.3) is 0 Å². The first-order valence-corrected chi connectivity index (χ1v) is 6.70. The second kappa shape index (κ2) is 5.56. The fraction of sp³-hybridized carbons (Fsp3) is 0.214. The molecule has 0 bridgehead atoms. The molecule has 2 N–H and O–H groups in total. The minimum absolute atomic E-state index is 0.151. The van der Waals surface area contributed by atoms with E-state index in [1.54, 1.807) is 6.07 Å².